The minimum atomic E-state index is -1.08. The van der Waals surface area contributed by atoms with Crippen molar-refractivity contribution in [3.8, 4) is 0 Å². The maximum atomic E-state index is 12.1. The van der Waals surface area contributed by atoms with Crippen molar-refractivity contribution in [2.24, 2.45) is 0 Å². The van der Waals surface area contributed by atoms with Crippen LogP contribution in [-0.2, 0) is 0 Å². The first-order valence-corrected chi connectivity index (χ1v) is 5.60. The summed E-state index contributed by atoms with van der Waals surface area (Å²) in [4.78, 5) is 28.3. The van der Waals surface area contributed by atoms with Gasteiger partial charge in [-0.25, -0.2) is 9.78 Å². The molecule has 0 aliphatic carbocycles. The Labute approximate surface area is 99.1 Å². The van der Waals surface area contributed by atoms with Crippen molar-refractivity contribution in [1.82, 2.24) is 9.88 Å². The number of hydrogen-bond acceptors (Lipinski definition) is 3. The summed E-state index contributed by atoms with van der Waals surface area (Å²) in [6, 6.07) is 3.13. The van der Waals surface area contributed by atoms with E-state index in [1.54, 1.807) is 4.90 Å². The van der Waals surface area contributed by atoms with Crippen LogP contribution in [0, 0.1) is 0 Å². The molecule has 5 nitrogen and oxygen atoms in total. The monoisotopic (exact) mass is 234 g/mol. The fraction of sp³-hybridized carbons (Fsp3) is 0.417. The Balaban J connectivity index is 2.17. The zero-order valence-electron chi connectivity index (χ0n) is 9.59. The number of carbonyl (C=O) groups excluding carboxylic acids is 1. The SMILES string of the molecule is CC1CCCN1C(=O)c1ccc(C(=O)O)nc1. The minimum absolute atomic E-state index is 0.0454. The largest absolute Gasteiger partial charge is 0.477 e. The first kappa shape index (κ1) is 11.6. The molecule has 1 N–H and O–H groups in total. The lowest BCUT2D eigenvalue weighted by molar-refractivity contribution is 0.0686. The molecule has 1 unspecified atom stereocenters. The van der Waals surface area contributed by atoms with Gasteiger partial charge >= 0.3 is 5.97 Å². The molecule has 2 rings (SSSR count). The lowest BCUT2D eigenvalue weighted by Crippen LogP contribution is -2.33. The number of nitrogens with zero attached hydrogens (tertiary/aromatic N) is 2. The van der Waals surface area contributed by atoms with Crippen molar-refractivity contribution in [3.05, 3.63) is 29.6 Å². The van der Waals surface area contributed by atoms with Crippen LogP contribution in [0.3, 0.4) is 0 Å². The summed E-state index contributed by atoms with van der Waals surface area (Å²) in [5, 5.41) is 8.71. The Hall–Kier alpha value is -1.91. The number of amides is 1. The second-order valence-corrected chi connectivity index (χ2v) is 4.23. The van der Waals surface area contributed by atoms with E-state index in [1.165, 1.54) is 18.3 Å². The highest BCUT2D eigenvalue weighted by atomic mass is 16.4. The zero-order valence-corrected chi connectivity index (χ0v) is 9.59. The number of aromatic carboxylic acids is 1. The fourth-order valence-corrected chi connectivity index (χ4v) is 2.05. The summed E-state index contributed by atoms with van der Waals surface area (Å²) < 4.78 is 0. The van der Waals surface area contributed by atoms with Crippen LogP contribution in [0.5, 0.6) is 0 Å². The number of carboxylic acid groups (broad SMARTS) is 1. The first-order chi connectivity index (χ1) is 8.09. The molecule has 0 aromatic carbocycles. The fourth-order valence-electron chi connectivity index (χ4n) is 2.05. The van der Waals surface area contributed by atoms with Gasteiger partial charge in [-0.1, -0.05) is 0 Å². The van der Waals surface area contributed by atoms with Crippen molar-refractivity contribution >= 4 is 11.9 Å². The topological polar surface area (TPSA) is 70.5 Å². The Morgan fingerprint density at radius 3 is 2.71 bits per heavy atom. The smallest absolute Gasteiger partial charge is 0.354 e. The number of carbonyl (C=O) groups is 2. The molecule has 1 fully saturated rings. The minimum Gasteiger partial charge on any atom is -0.477 e. The van der Waals surface area contributed by atoms with Crippen molar-refractivity contribution < 1.29 is 14.7 Å². The van der Waals surface area contributed by atoms with Crippen molar-refractivity contribution in [2.45, 2.75) is 25.8 Å². The van der Waals surface area contributed by atoms with E-state index < -0.39 is 5.97 Å². The average molecular weight is 234 g/mol. The summed E-state index contributed by atoms with van der Waals surface area (Å²) in [7, 11) is 0. The van der Waals surface area contributed by atoms with Crippen LogP contribution >= 0.6 is 0 Å². The van der Waals surface area contributed by atoms with Gasteiger partial charge in [-0.3, -0.25) is 4.79 Å². The van der Waals surface area contributed by atoms with Crippen molar-refractivity contribution in [1.29, 1.82) is 0 Å². The molecule has 0 spiro atoms. The number of rotatable bonds is 2. The van der Waals surface area contributed by atoms with Crippen LogP contribution in [0.1, 0.15) is 40.6 Å². The van der Waals surface area contributed by atoms with E-state index in [1.807, 2.05) is 6.92 Å². The molecule has 1 aliphatic heterocycles. The maximum absolute atomic E-state index is 12.1. The van der Waals surface area contributed by atoms with E-state index in [2.05, 4.69) is 4.98 Å². The average Bonchev–Trinajstić information content (AvgIpc) is 2.74. The van der Waals surface area contributed by atoms with Gasteiger partial charge in [-0.05, 0) is 31.9 Å². The molecule has 1 aliphatic rings. The third kappa shape index (κ3) is 2.27. The van der Waals surface area contributed by atoms with Crippen LogP contribution < -0.4 is 0 Å². The third-order valence-electron chi connectivity index (χ3n) is 3.04. The van der Waals surface area contributed by atoms with E-state index in [0.717, 1.165) is 19.4 Å². The molecule has 1 aromatic heterocycles. The van der Waals surface area contributed by atoms with E-state index in [9.17, 15) is 9.59 Å². The molecule has 1 amide bonds. The lowest BCUT2D eigenvalue weighted by Gasteiger charge is -2.21. The Bertz CT molecular complexity index is 442. The maximum Gasteiger partial charge on any atom is 0.354 e. The molecule has 5 heteroatoms. The molecule has 0 radical (unpaired) electrons. The van der Waals surface area contributed by atoms with Crippen molar-refractivity contribution in [3.63, 3.8) is 0 Å². The Kier molecular flexibility index (Phi) is 3.08. The standard InChI is InChI=1S/C12H14N2O3/c1-8-3-2-6-14(8)11(15)9-4-5-10(12(16)17)13-7-9/h4-5,7-8H,2-3,6H2,1H3,(H,16,17). The van der Waals surface area contributed by atoms with Crippen LogP contribution in [0.15, 0.2) is 18.3 Å². The molecule has 0 bridgehead atoms. The highest BCUT2D eigenvalue weighted by Gasteiger charge is 2.26. The Morgan fingerprint density at radius 2 is 2.24 bits per heavy atom. The number of hydrogen-bond donors (Lipinski definition) is 1. The van der Waals surface area contributed by atoms with Gasteiger partial charge in [-0.2, -0.15) is 0 Å². The summed E-state index contributed by atoms with van der Waals surface area (Å²) in [5.74, 6) is -1.15. The molecule has 17 heavy (non-hydrogen) atoms. The van der Waals surface area contributed by atoms with Gasteiger partial charge in [0.25, 0.3) is 5.91 Å². The molecule has 90 valence electrons. The Morgan fingerprint density at radius 1 is 1.47 bits per heavy atom. The van der Waals surface area contributed by atoms with Gasteiger partial charge in [-0.15, -0.1) is 0 Å². The number of pyridine rings is 1. The van der Waals surface area contributed by atoms with E-state index in [-0.39, 0.29) is 17.6 Å². The summed E-state index contributed by atoms with van der Waals surface area (Å²) >= 11 is 0. The predicted octanol–water partition coefficient (Wildman–Crippen LogP) is 1.40. The van der Waals surface area contributed by atoms with Crippen LogP contribution in [0.25, 0.3) is 0 Å². The van der Waals surface area contributed by atoms with Gasteiger partial charge in [0.2, 0.25) is 0 Å². The quantitative estimate of drug-likeness (QED) is 0.839. The molecule has 2 heterocycles. The van der Waals surface area contributed by atoms with Crippen LogP contribution in [-0.4, -0.2) is 39.5 Å². The normalized spacial score (nSPS) is 19.4. The lowest BCUT2D eigenvalue weighted by atomic mass is 10.2. The second-order valence-electron chi connectivity index (χ2n) is 4.23. The highest BCUT2D eigenvalue weighted by Crippen LogP contribution is 2.19. The summed E-state index contributed by atoms with van der Waals surface area (Å²) in [6.45, 7) is 2.78. The first-order valence-electron chi connectivity index (χ1n) is 5.60. The summed E-state index contributed by atoms with van der Waals surface area (Å²) in [6.07, 6.45) is 3.37. The number of carboxylic acids is 1. The molecule has 1 atom stereocenters. The van der Waals surface area contributed by atoms with Gasteiger partial charge in [0.15, 0.2) is 0 Å². The van der Waals surface area contributed by atoms with Crippen LogP contribution in [0.4, 0.5) is 0 Å². The second kappa shape index (κ2) is 4.53. The van der Waals surface area contributed by atoms with Gasteiger partial charge in [0.05, 0.1) is 5.56 Å². The molecule has 0 saturated carbocycles. The van der Waals surface area contributed by atoms with E-state index in [4.69, 9.17) is 5.11 Å². The van der Waals surface area contributed by atoms with Gasteiger partial charge in [0.1, 0.15) is 5.69 Å². The molecular formula is C12H14N2O3. The molecule has 1 aromatic rings. The highest BCUT2D eigenvalue weighted by molar-refractivity contribution is 5.95. The van der Waals surface area contributed by atoms with E-state index >= 15 is 0 Å². The molecule has 1 saturated heterocycles. The van der Waals surface area contributed by atoms with Crippen LogP contribution in [0.2, 0.25) is 0 Å². The van der Waals surface area contributed by atoms with E-state index in [0.29, 0.717) is 5.56 Å². The third-order valence-corrected chi connectivity index (χ3v) is 3.04. The van der Waals surface area contributed by atoms with Gasteiger partial charge < -0.3 is 10.0 Å². The van der Waals surface area contributed by atoms with Gasteiger partial charge in [0, 0.05) is 18.8 Å². The summed E-state index contributed by atoms with van der Waals surface area (Å²) in [5.41, 5.74) is 0.403. The number of aromatic nitrogens is 1. The predicted molar refractivity (Wildman–Crippen MR) is 60.9 cm³/mol. The molecular weight excluding hydrogens is 220 g/mol. The number of likely N-dealkylation sites (tertiary alicyclic amines) is 1. The zero-order chi connectivity index (χ0) is 12.4. The van der Waals surface area contributed by atoms with Crippen molar-refractivity contribution in [2.75, 3.05) is 6.54 Å².